The molecule has 3 heterocycles. The van der Waals surface area contributed by atoms with Gasteiger partial charge in [0.05, 0.1) is 20.0 Å². The lowest BCUT2D eigenvalue weighted by Gasteiger charge is -2.45. The van der Waals surface area contributed by atoms with Gasteiger partial charge in [0.25, 0.3) is 0 Å². The number of nitrogens with zero attached hydrogens (tertiary/aromatic N) is 1. The zero-order valence-electron chi connectivity index (χ0n) is 17.2. The second-order valence-electron chi connectivity index (χ2n) is 9.99. The summed E-state index contributed by atoms with van der Waals surface area (Å²) in [5.41, 5.74) is 1.25. The molecule has 4 nitrogen and oxygen atoms in total. The van der Waals surface area contributed by atoms with E-state index in [1.165, 1.54) is 0 Å². The molecule has 0 aromatic heterocycles. The average molecular weight is 391 g/mol. The van der Waals surface area contributed by atoms with E-state index in [9.17, 15) is 4.79 Å². The molecule has 1 saturated carbocycles. The number of rotatable bonds is 4. The lowest BCUT2D eigenvalue weighted by atomic mass is 9.76. The van der Waals surface area contributed by atoms with Crippen LogP contribution in [-0.4, -0.2) is 54.4 Å². The van der Waals surface area contributed by atoms with Crippen LogP contribution in [0.2, 0.25) is 0 Å². The molecule has 4 fully saturated rings. The smallest absolute Gasteiger partial charge is 0.321 e. The fraction of sp³-hybridized carbons (Fsp3) is 0.480. The molecular formula is C25H28NO3+. The van der Waals surface area contributed by atoms with Gasteiger partial charge in [0, 0.05) is 12.8 Å². The molecule has 150 valence electrons. The number of quaternary nitrogens is 1. The number of carbonyl (C=O) groups is 1. The Morgan fingerprint density at radius 1 is 1.03 bits per heavy atom. The summed E-state index contributed by atoms with van der Waals surface area (Å²) in [5, 5.41) is 0. The van der Waals surface area contributed by atoms with E-state index in [1.54, 1.807) is 0 Å². The van der Waals surface area contributed by atoms with Gasteiger partial charge in [-0.15, -0.1) is 0 Å². The molecular weight excluding hydrogens is 362 g/mol. The Bertz CT molecular complexity index is 933. The molecule has 6 atom stereocenters. The molecule has 0 radical (unpaired) electrons. The highest BCUT2D eigenvalue weighted by Crippen LogP contribution is 2.77. The van der Waals surface area contributed by atoms with Crippen molar-refractivity contribution in [3.63, 3.8) is 0 Å². The first-order valence-electron chi connectivity index (χ1n) is 10.7. The second-order valence-corrected chi connectivity index (χ2v) is 9.99. The number of hydrogen-bond acceptors (Lipinski definition) is 3. The van der Waals surface area contributed by atoms with Crippen LogP contribution in [0.5, 0.6) is 0 Å². The summed E-state index contributed by atoms with van der Waals surface area (Å²) >= 11 is 0. The summed E-state index contributed by atoms with van der Waals surface area (Å²) in [6, 6.07) is 21.0. The zero-order valence-corrected chi connectivity index (χ0v) is 17.2. The predicted octanol–water partition coefficient (Wildman–Crippen LogP) is 3.29. The fourth-order valence-electron chi connectivity index (χ4n) is 6.60. The minimum atomic E-state index is -0.816. The molecule has 1 aliphatic carbocycles. The van der Waals surface area contributed by atoms with Crippen molar-refractivity contribution in [1.29, 1.82) is 0 Å². The van der Waals surface area contributed by atoms with Crippen LogP contribution in [0.1, 0.15) is 30.9 Å². The van der Waals surface area contributed by atoms with Crippen LogP contribution in [-0.2, 0) is 19.7 Å². The Morgan fingerprint density at radius 2 is 1.62 bits per heavy atom. The molecule has 3 saturated heterocycles. The Morgan fingerprint density at radius 3 is 2.14 bits per heavy atom. The van der Waals surface area contributed by atoms with Gasteiger partial charge < -0.3 is 14.0 Å². The normalized spacial score (nSPS) is 38.0. The average Bonchev–Trinajstić information content (AvgIpc) is 3.60. The van der Waals surface area contributed by atoms with Crippen molar-refractivity contribution in [3.05, 3.63) is 71.8 Å². The largest absolute Gasteiger partial charge is 0.461 e. The zero-order chi connectivity index (χ0) is 20.0. The van der Waals surface area contributed by atoms with Crippen LogP contribution in [0.3, 0.4) is 0 Å². The molecule has 6 unspecified atom stereocenters. The number of ether oxygens (including phenoxy) is 2. The van der Waals surface area contributed by atoms with Gasteiger partial charge >= 0.3 is 5.97 Å². The Balaban J connectivity index is 1.29. The van der Waals surface area contributed by atoms with E-state index in [0.29, 0.717) is 24.1 Å². The number of epoxide rings is 1. The maximum Gasteiger partial charge on any atom is 0.321 e. The van der Waals surface area contributed by atoms with Crippen LogP contribution in [0.15, 0.2) is 60.7 Å². The summed E-state index contributed by atoms with van der Waals surface area (Å²) < 4.78 is 13.3. The summed E-state index contributed by atoms with van der Waals surface area (Å²) in [5.74, 6) is 0.534. The van der Waals surface area contributed by atoms with Crippen LogP contribution >= 0.6 is 0 Å². The lowest BCUT2D eigenvalue weighted by Crippen LogP contribution is -2.60. The fourth-order valence-corrected chi connectivity index (χ4v) is 6.60. The van der Waals surface area contributed by atoms with Crippen molar-refractivity contribution in [2.24, 2.45) is 5.92 Å². The number of piperidine rings is 2. The minimum Gasteiger partial charge on any atom is -0.461 e. The van der Waals surface area contributed by atoms with Gasteiger partial charge in [-0.3, -0.25) is 4.79 Å². The van der Waals surface area contributed by atoms with Crippen molar-refractivity contribution >= 4 is 5.97 Å². The first-order valence-corrected chi connectivity index (χ1v) is 10.7. The number of fused-ring (bicyclic) bond motifs is 4. The van der Waals surface area contributed by atoms with E-state index in [4.69, 9.17) is 9.47 Å². The highest BCUT2D eigenvalue weighted by Gasteiger charge is 2.97. The van der Waals surface area contributed by atoms with E-state index in [0.717, 1.165) is 28.5 Å². The SMILES string of the molecule is CC(C(=O)OC1CC2C3C4OC43C(C1)[N+]2(C)C)(c1ccccc1)c1ccccc1. The first kappa shape index (κ1) is 17.7. The molecule has 0 N–H and O–H groups in total. The molecule has 6 rings (SSSR count). The highest BCUT2D eigenvalue weighted by molar-refractivity contribution is 5.87. The van der Waals surface area contributed by atoms with E-state index < -0.39 is 5.41 Å². The summed E-state index contributed by atoms with van der Waals surface area (Å²) in [6.45, 7) is 1.99. The number of hydrogen-bond donors (Lipinski definition) is 0. The quantitative estimate of drug-likeness (QED) is 0.457. The van der Waals surface area contributed by atoms with Gasteiger partial charge in [0.1, 0.15) is 29.7 Å². The van der Waals surface area contributed by atoms with Gasteiger partial charge in [-0.05, 0) is 18.1 Å². The van der Waals surface area contributed by atoms with E-state index in [-0.39, 0.29) is 17.7 Å². The van der Waals surface area contributed by atoms with Crippen LogP contribution < -0.4 is 0 Å². The molecule has 29 heavy (non-hydrogen) atoms. The van der Waals surface area contributed by atoms with Gasteiger partial charge in [-0.2, -0.15) is 0 Å². The summed E-state index contributed by atoms with van der Waals surface area (Å²) in [6.07, 6.45) is 2.32. The Labute approximate surface area is 172 Å². The van der Waals surface area contributed by atoms with Gasteiger partial charge in [0.2, 0.25) is 0 Å². The molecule has 2 bridgehead atoms. The molecule has 4 aliphatic rings. The predicted molar refractivity (Wildman–Crippen MR) is 109 cm³/mol. The second kappa shape index (κ2) is 5.50. The molecule has 4 heteroatoms. The number of carbonyl (C=O) groups excluding carboxylic acids is 1. The highest BCUT2D eigenvalue weighted by atomic mass is 16.7. The minimum absolute atomic E-state index is 0.0255. The topological polar surface area (TPSA) is 38.8 Å². The van der Waals surface area contributed by atoms with E-state index >= 15 is 0 Å². The standard InChI is InChI=1S/C25H28NO3/c1-24(16-10-6-4-7-11-16,17-12-8-5-9-13-17)23(27)28-18-14-19-21-22-25(21,29-22)20(15-18)26(19,2)3/h4-13,18-22H,14-15H2,1-3H3/q+1. The number of benzene rings is 2. The Hall–Kier alpha value is -2.17. The van der Waals surface area contributed by atoms with Gasteiger partial charge in [-0.1, -0.05) is 60.7 Å². The monoisotopic (exact) mass is 390 g/mol. The third kappa shape index (κ3) is 2.14. The van der Waals surface area contributed by atoms with E-state index in [1.807, 2.05) is 67.6 Å². The maximum absolute atomic E-state index is 13.7. The molecule has 2 aromatic rings. The molecule has 2 aromatic carbocycles. The third-order valence-corrected chi connectivity index (χ3v) is 8.42. The number of esters is 1. The number of likely N-dealkylation sites (N-methyl/N-ethyl adjacent to an activating group) is 1. The molecule has 1 spiro atoms. The lowest BCUT2D eigenvalue weighted by molar-refractivity contribution is -0.936. The van der Waals surface area contributed by atoms with Crippen molar-refractivity contribution in [2.75, 3.05) is 14.1 Å². The van der Waals surface area contributed by atoms with Gasteiger partial charge in [0.15, 0.2) is 5.60 Å². The van der Waals surface area contributed by atoms with Crippen molar-refractivity contribution in [2.45, 2.75) is 55.1 Å². The van der Waals surface area contributed by atoms with Crippen LogP contribution in [0, 0.1) is 5.92 Å². The summed E-state index contributed by atoms with van der Waals surface area (Å²) in [7, 11) is 4.65. The van der Waals surface area contributed by atoms with Crippen molar-refractivity contribution in [1.82, 2.24) is 0 Å². The molecule has 3 aliphatic heterocycles. The maximum atomic E-state index is 13.7. The third-order valence-electron chi connectivity index (χ3n) is 8.42. The van der Waals surface area contributed by atoms with Crippen molar-refractivity contribution in [3.8, 4) is 0 Å². The first-order chi connectivity index (χ1) is 13.9. The van der Waals surface area contributed by atoms with Crippen LogP contribution in [0.25, 0.3) is 0 Å². The van der Waals surface area contributed by atoms with Crippen LogP contribution in [0.4, 0.5) is 0 Å². The van der Waals surface area contributed by atoms with Gasteiger partial charge in [-0.25, -0.2) is 0 Å². The van der Waals surface area contributed by atoms with Crippen molar-refractivity contribution < 1.29 is 18.8 Å². The molecule has 0 amide bonds. The van der Waals surface area contributed by atoms with E-state index in [2.05, 4.69) is 14.1 Å². The Kier molecular flexibility index (Phi) is 3.35. The summed E-state index contributed by atoms with van der Waals surface area (Å²) in [4.78, 5) is 13.7.